The highest BCUT2D eigenvalue weighted by atomic mass is 35.5. The predicted octanol–water partition coefficient (Wildman–Crippen LogP) is 4.11. The molecule has 1 aliphatic heterocycles. The van der Waals surface area contributed by atoms with Crippen molar-refractivity contribution in [1.82, 2.24) is 4.57 Å². The fraction of sp³-hybridized carbons (Fsp3) is 0.318. The fourth-order valence-electron chi connectivity index (χ4n) is 3.53. The van der Waals surface area contributed by atoms with E-state index in [1.165, 1.54) is 12.1 Å². The zero-order chi connectivity index (χ0) is 21.1. The lowest BCUT2D eigenvalue weighted by molar-refractivity contribution is -0.117. The Morgan fingerprint density at radius 1 is 1.28 bits per heavy atom. The zero-order valence-electron chi connectivity index (χ0n) is 16.5. The highest BCUT2D eigenvalue weighted by Gasteiger charge is 2.25. The summed E-state index contributed by atoms with van der Waals surface area (Å²) in [5.41, 5.74) is 3.01. The highest BCUT2D eigenvalue weighted by molar-refractivity contribution is 6.34. The number of nitrogens with zero attached hydrogens (tertiary/aromatic N) is 2. The maximum atomic E-state index is 12.6. The minimum absolute atomic E-state index is 0.0255. The van der Waals surface area contributed by atoms with E-state index in [1.54, 1.807) is 23.1 Å². The average Bonchev–Trinajstić information content (AvgIpc) is 3.24. The molecule has 2 aromatic rings. The molecule has 1 aromatic heterocycles. The minimum Gasteiger partial charge on any atom is -0.454 e. The molecule has 0 bridgehead atoms. The molecule has 3 rings (SSSR count). The number of carbonyl (C=O) groups excluding carboxylic acids is 3. The van der Waals surface area contributed by atoms with E-state index in [0.717, 1.165) is 17.8 Å². The summed E-state index contributed by atoms with van der Waals surface area (Å²) < 4.78 is 7.20. The van der Waals surface area contributed by atoms with Crippen LogP contribution in [0, 0.1) is 13.8 Å². The molecule has 1 aliphatic rings. The molecule has 1 amide bonds. The smallest absolute Gasteiger partial charge is 0.338 e. The normalized spacial score (nSPS) is 13.6. The minimum atomic E-state index is -0.636. The number of anilines is 1. The molecule has 1 fully saturated rings. The maximum absolute atomic E-state index is 12.6. The standard InChI is InChI=1S/C22H23ClN2O4/c1-4-9-24-14(2)11-17(15(24)3)20(26)13-29-22(28)16-7-8-18(23)19(12-16)25-10-5-6-21(25)27/h4,7-8,11-12H,1,5-6,9-10,13H2,2-3H3. The Hall–Kier alpha value is -2.86. The van der Waals surface area contributed by atoms with Gasteiger partial charge < -0.3 is 14.2 Å². The topological polar surface area (TPSA) is 68.6 Å². The Morgan fingerprint density at radius 3 is 2.69 bits per heavy atom. The number of aromatic nitrogens is 1. The number of hydrogen-bond donors (Lipinski definition) is 0. The second-order valence-corrected chi connectivity index (χ2v) is 7.41. The molecular formula is C22H23ClN2O4. The van der Waals surface area contributed by atoms with Crippen LogP contribution in [0.3, 0.4) is 0 Å². The lowest BCUT2D eigenvalue weighted by Gasteiger charge is -2.18. The molecule has 0 atom stereocenters. The predicted molar refractivity (Wildman–Crippen MR) is 112 cm³/mol. The number of aryl methyl sites for hydroxylation is 1. The van der Waals surface area contributed by atoms with Crippen molar-refractivity contribution in [1.29, 1.82) is 0 Å². The maximum Gasteiger partial charge on any atom is 0.338 e. The molecule has 7 heteroatoms. The molecule has 152 valence electrons. The van der Waals surface area contributed by atoms with E-state index in [9.17, 15) is 14.4 Å². The molecule has 0 aliphatic carbocycles. The Balaban J connectivity index is 1.71. The van der Waals surface area contributed by atoms with Crippen molar-refractivity contribution >= 4 is 34.9 Å². The van der Waals surface area contributed by atoms with E-state index in [2.05, 4.69) is 6.58 Å². The molecule has 29 heavy (non-hydrogen) atoms. The van der Waals surface area contributed by atoms with Gasteiger partial charge in [0.2, 0.25) is 11.7 Å². The van der Waals surface area contributed by atoms with Crippen LogP contribution in [0.25, 0.3) is 0 Å². The van der Waals surface area contributed by atoms with Crippen molar-refractivity contribution in [2.75, 3.05) is 18.1 Å². The molecule has 6 nitrogen and oxygen atoms in total. The summed E-state index contributed by atoms with van der Waals surface area (Å²) in [4.78, 5) is 38.6. The zero-order valence-corrected chi connectivity index (χ0v) is 17.3. The summed E-state index contributed by atoms with van der Waals surface area (Å²) in [6.45, 7) is 8.29. The lowest BCUT2D eigenvalue weighted by Crippen LogP contribution is -2.24. The largest absolute Gasteiger partial charge is 0.454 e. The summed E-state index contributed by atoms with van der Waals surface area (Å²) in [5.74, 6) is -0.934. The summed E-state index contributed by atoms with van der Waals surface area (Å²) in [6.07, 6.45) is 2.98. The van der Waals surface area contributed by atoms with E-state index in [1.807, 2.05) is 18.4 Å². The molecule has 1 saturated heterocycles. The summed E-state index contributed by atoms with van der Waals surface area (Å²) in [5, 5.41) is 0.391. The SMILES string of the molecule is C=CCn1c(C)cc(C(=O)COC(=O)c2ccc(Cl)c(N3CCCC3=O)c2)c1C. The van der Waals surface area contributed by atoms with E-state index in [4.69, 9.17) is 16.3 Å². The van der Waals surface area contributed by atoms with Crippen molar-refractivity contribution in [3.05, 3.63) is 64.5 Å². The monoisotopic (exact) mass is 414 g/mol. The average molecular weight is 415 g/mol. The van der Waals surface area contributed by atoms with E-state index >= 15 is 0 Å². The van der Waals surface area contributed by atoms with E-state index in [0.29, 0.717) is 35.8 Å². The quantitative estimate of drug-likeness (QED) is 0.388. The van der Waals surface area contributed by atoms with Crippen LogP contribution in [-0.4, -0.2) is 35.4 Å². The van der Waals surface area contributed by atoms with Crippen molar-refractivity contribution in [3.8, 4) is 0 Å². The number of hydrogen-bond acceptors (Lipinski definition) is 4. The van der Waals surface area contributed by atoms with E-state index in [-0.39, 0.29) is 23.9 Å². The number of carbonyl (C=O) groups is 3. The first-order valence-corrected chi connectivity index (χ1v) is 9.79. The van der Waals surface area contributed by atoms with Crippen LogP contribution in [-0.2, 0) is 16.1 Å². The number of ketones is 1. The van der Waals surface area contributed by atoms with Gasteiger partial charge in [-0.25, -0.2) is 4.79 Å². The Labute approximate surface area is 174 Å². The van der Waals surface area contributed by atoms with Crippen molar-refractivity contribution in [3.63, 3.8) is 0 Å². The Morgan fingerprint density at radius 2 is 2.03 bits per heavy atom. The van der Waals surface area contributed by atoms with Gasteiger partial charge in [-0.1, -0.05) is 17.7 Å². The van der Waals surface area contributed by atoms with Gasteiger partial charge in [-0.3, -0.25) is 9.59 Å². The summed E-state index contributed by atoms with van der Waals surface area (Å²) in [7, 11) is 0. The van der Waals surface area contributed by atoms with Crippen LogP contribution in [0.1, 0.15) is 44.9 Å². The Kier molecular flexibility index (Phi) is 6.23. The van der Waals surface area contributed by atoms with Gasteiger partial charge in [0, 0.05) is 36.5 Å². The van der Waals surface area contributed by atoms with Crippen molar-refractivity contribution in [2.24, 2.45) is 0 Å². The molecule has 0 N–H and O–H groups in total. The van der Waals surface area contributed by atoms with Gasteiger partial charge >= 0.3 is 5.97 Å². The third kappa shape index (κ3) is 4.27. The van der Waals surface area contributed by atoms with Gasteiger partial charge in [0.15, 0.2) is 6.61 Å². The number of benzene rings is 1. The van der Waals surface area contributed by atoms with Crippen LogP contribution in [0.5, 0.6) is 0 Å². The Bertz CT molecular complexity index is 993. The van der Waals surface area contributed by atoms with E-state index < -0.39 is 5.97 Å². The number of esters is 1. The molecular weight excluding hydrogens is 392 g/mol. The first-order chi connectivity index (χ1) is 13.8. The van der Waals surface area contributed by atoms with Gasteiger partial charge in [0.25, 0.3) is 0 Å². The molecule has 0 radical (unpaired) electrons. The van der Waals surface area contributed by atoms with Crippen LogP contribution in [0.15, 0.2) is 36.9 Å². The van der Waals surface area contributed by atoms with Gasteiger partial charge in [0.05, 0.1) is 16.3 Å². The highest BCUT2D eigenvalue weighted by Crippen LogP contribution is 2.30. The summed E-state index contributed by atoms with van der Waals surface area (Å²) in [6, 6.07) is 6.40. The number of rotatable bonds is 7. The molecule has 0 spiro atoms. The van der Waals surface area contributed by atoms with Crippen molar-refractivity contribution in [2.45, 2.75) is 33.2 Å². The van der Waals surface area contributed by atoms with Gasteiger partial charge in [-0.05, 0) is 44.5 Å². The molecule has 2 heterocycles. The third-order valence-electron chi connectivity index (χ3n) is 5.07. The number of amides is 1. The second-order valence-electron chi connectivity index (χ2n) is 7.00. The first-order valence-electron chi connectivity index (χ1n) is 9.41. The van der Waals surface area contributed by atoms with Crippen LogP contribution >= 0.6 is 11.6 Å². The summed E-state index contributed by atoms with van der Waals surface area (Å²) >= 11 is 6.20. The lowest BCUT2D eigenvalue weighted by atomic mass is 10.1. The molecule has 0 saturated carbocycles. The number of allylic oxidation sites excluding steroid dienone is 1. The molecule has 1 aromatic carbocycles. The number of ether oxygens (including phenoxy) is 1. The number of halogens is 1. The molecule has 0 unspecified atom stereocenters. The van der Waals surface area contributed by atoms with Gasteiger partial charge in [0.1, 0.15) is 0 Å². The van der Waals surface area contributed by atoms with Gasteiger partial charge in [-0.15, -0.1) is 6.58 Å². The number of Topliss-reactive ketones (excluding diaryl/α,β-unsaturated/α-hetero) is 1. The van der Waals surface area contributed by atoms with Crippen molar-refractivity contribution < 1.29 is 19.1 Å². The fourth-order valence-corrected chi connectivity index (χ4v) is 3.75. The second kappa shape index (κ2) is 8.66. The van der Waals surface area contributed by atoms with Gasteiger partial charge in [-0.2, -0.15) is 0 Å². The third-order valence-corrected chi connectivity index (χ3v) is 5.39. The van der Waals surface area contributed by atoms with Crippen LogP contribution in [0.2, 0.25) is 5.02 Å². The first kappa shape index (κ1) is 20.9. The van der Waals surface area contributed by atoms with Crippen LogP contribution < -0.4 is 4.90 Å². The van der Waals surface area contributed by atoms with Crippen LogP contribution in [0.4, 0.5) is 5.69 Å².